The van der Waals surface area contributed by atoms with Crippen molar-refractivity contribution >= 4 is 46.4 Å². The van der Waals surface area contributed by atoms with Crippen molar-refractivity contribution in [3.8, 4) is 11.5 Å². The Bertz CT molecular complexity index is 760. The number of nitrogens with one attached hydrogen (secondary N) is 2. The average molecular weight is 411 g/mol. The van der Waals surface area contributed by atoms with Crippen molar-refractivity contribution in [3.05, 3.63) is 47.5 Å². The average Bonchev–Trinajstić information content (AvgIpc) is 2.69. The molecule has 2 rings (SSSR count). The fourth-order valence-corrected chi connectivity index (χ4v) is 2.63. The monoisotopic (exact) mass is 410 g/mol. The number of anilines is 2. The number of benzene rings is 2. The number of halogens is 2. The first-order valence-corrected chi connectivity index (χ1v) is 9.13. The van der Waals surface area contributed by atoms with Crippen molar-refractivity contribution in [1.82, 2.24) is 0 Å². The third-order valence-corrected chi connectivity index (χ3v) is 4.22. The molecule has 2 amide bonds. The maximum atomic E-state index is 11.5. The molecule has 6 nitrogen and oxygen atoms in total. The van der Waals surface area contributed by atoms with Crippen molar-refractivity contribution in [2.24, 2.45) is 0 Å². The first-order valence-electron chi connectivity index (χ1n) is 8.06. The van der Waals surface area contributed by atoms with Crippen LogP contribution >= 0.6 is 23.2 Å². The molecular weight excluding hydrogens is 391 g/mol. The number of alkyl halides is 2. The molecule has 0 radical (unpaired) electrons. The van der Waals surface area contributed by atoms with Gasteiger partial charge in [0.25, 0.3) is 0 Å². The Morgan fingerprint density at radius 2 is 1.22 bits per heavy atom. The van der Waals surface area contributed by atoms with Crippen LogP contribution < -0.4 is 20.1 Å². The van der Waals surface area contributed by atoms with Crippen LogP contribution in [-0.4, -0.2) is 37.8 Å². The summed E-state index contributed by atoms with van der Waals surface area (Å²) in [6.45, 7) is 0. The van der Waals surface area contributed by atoms with Crippen LogP contribution in [0.25, 0.3) is 0 Å². The van der Waals surface area contributed by atoms with Gasteiger partial charge in [0.15, 0.2) is 0 Å². The Morgan fingerprint density at radius 3 is 1.56 bits per heavy atom. The molecule has 2 aromatic carbocycles. The smallest absolute Gasteiger partial charge is 0.239 e. The van der Waals surface area contributed by atoms with Crippen LogP contribution in [0.2, 0.25) is 0 Å². The zero-order chi connectivity index (χ0) is 19.8. The highest BCUT2D eigenvalue weighted by molar-refractivity contribution is 6.29. The topological polar surface area (TPSA) is 76.7 Å². The molecule has 2 aromatic rings. The van der Waals surface area contributed by atoms with Crippen LogP contribution in [0, 0.1) is 0 Å². The summed E-state index contributed by atoms with van der Waals surface area (Å²) in [6.07, 6.45) is 0.611. The van der Waals surface area contributed by atoms with Crippen molar-refractivity contribution in [1.29, 1.82) is 0 Å². The lowest BCUT2D eigenvalue weighted by Gasteiger charge is -2.13. The normalized spacial score (nSPS) is 10.2. The predicted octanol–water partition coefficient (Wildman–Crippen LogP) is 3.65. The van der Waals surface area contributed by atoms with Gasteiger partial charge in [-0.05, 0) is 41.8 Å². The number of hydrogen-bond acceptors (Lipinski definition) is 4. The summed E-state index contributed by atoms with van der Waals surface area (Å²) < 4.78 is 10.7. The fraction of sp³-hybridized carbons (Fsp3) is 0.263. The van der Waals surface area contributed by atoms with E-state index < -0.39 is 0 Å². The van der Waals surface area contributed by atoms with Gasteiger partial charge in [-0.1, -0.05) is 12.1 Å². The number of hydrogen-bond donors (Lipinski definition) is 2. The molecule has 144 valence electrons. The van der Waals surface area contributed by atoms with Crippen molar-refractivity contribution in [2.75, 3.05) is 36.6 Å². The Kier molecular flexibility index (Phi) is 7.76. The van der Waals surface area contributed by atoms with E-state index in [1.54, 1.807) is 12.1 Å². The molecule has 0 saturated heterocycles. The molecule has 8 heteroatoms. The van der Waals surface area contributed by atoms with Crippen LogP contribution in [-0.2, 0) is 16.0 Å². The summed E-state index contributed by atoms with van der Waals surface area (Å²) in [5, 5.41) is 5.37. The lowest BCUT2D eigenvalue weighted by molar-refractivity contribution is -0.114. The summed E-state index contributed by atoms with van der Waals surface area (Å²) in [5.41, 5.74) is 3.08. The molecule has 27 heavy (non-hydrogen) atoms. The minimum Gasteiger partial charge on any atom is -0.495 e. The van der Waals surface area contributed by atoms with Crippen LogP contribution in [0.15, 0.2) is 36.4 Å². The quantitative estimate of drug-likeness (QED) is 0.651. The van der Waals surface area contributed by atoms with Crippen molar-refractivity contribution in [2.45, 2.75) is 6.42 Å². The molecule has 2 N–H and O–H groups in total. The molecule has 0 aliphatic carbocycles. The number of amides is 2. The highest BCUT2D eigenvalue weighted by atomic mass is 35.5. The van der Waals surface area contributed by atoms with Gasteiger partial charge in [-0.3, -0.25) is 9.59 Å². The predicted molar refractivity (Wildman–Crippen MR) is 107 cm³/mol. The molecule has 0 fully saturated rings. The Morgan fingerprint density at radius 1 is 0.815 bits per heavy atom. The van der Waals surface area contributed by atoms with Crippen LogP contribution in [0.3, 0.4) is 0 Å². The maximum Gasteiger partial charge on any atom is 0.239 e. The third-order valence-electron chi connectivity index (χ3n) is 3.73. The summed E-state index contributed by atoms with van der Waals surface area (Å²) in [6, 6.07) is 11.0. The van der Waals surface area contributed by atoms with E-state index in [4.69, 9.17) is 32.7 Å². The van der Waals surface area contributed by atoms with E-state index in [9.17, 15) is 9.59 Å². The minimum atomic E-state index is -0.304. The van der Waals surface area contributed by atoms with Crippen molar-refractivity contribution < 1.29 is 19.1 Å². The van der Waals surface area contributed by atoms with Gasteiger partial charge in [0.05, 0.1) is 25.6 Å². The maximum absolute atomic E-state index is 11.5. The molecule has 0 atom stereocenters. The molecule has 0 aliphatic rings. The summed E-state index contributed by atoms with van der Waals surface area (Å²) in [5.74, 6) is 0.228. The van der Waals surface area contributed by atoms with E-state index in [2.05, 4.69) is 10.6 Å². The Hall–Kier alpha value is -2.44. The second-order valence-electron chi connectivity index (χ2n) is 5.61. The summed E-state index contributed by atoms with van der Waals surface area (Å²) in [4.78, 5) is 23.0. The van der Waals surface area contributed by atoms with Gasteiger partial charge in [-0.15, -0.1) is 23.2 Å². The SMILES string of the molecule is COc1cc(Cc2ccc(NC(=O)CCl)c(OC)c2)ccc1NC(=O)CCl. The van der Waals surface area contributed by atoms with Gasteiger partial charge in [-0.2, -0.15) is 0 Å². The summed E-state index contributed by atoms with van der Waals surface area (Å²) >= 11 is 11.0. The fourth-order valence-electron chi connectivity index (χ4n) is 2.50. The van der Waals surface area contributed by atoms with E-state index >= 15 is 0 Å². The van der Waals surface area contributed by atoms with E-state index in [1.807, 2.05) is 24.3 Å². The summed E-state index contributed by atoms with van der Waals surface area (Å²) in [7, 11) is 3.07. The number of carbonyl (C=O) groups excluding carboxylic acids is 2. The Balaban J connectivity index is 2.21. The second-order valence-corrected chi connectivity index (χ2v) is 6.14. The van der Waals surface area contributed by atoms with Crippen LogP contribution in [0.1, 0.15) is 11.1 Å². The van der Waals surface area contributed by atoms with Gasteiger partial charge in [-0.25, -0.2) is 0 Å². The highest BCUT2D eigenvalue weighted by Crippen LogP contribution is 2.29. The van der Waals surface area contributed by atoms with E-state index in [1.165, 1.54) is 14.2 Å². The van der Waals surface area contributed by atoms with Crippen molar-refractivity contribution in [3.63, 3.8) is 0 Å². The van der Waals surface area contributed by atoms with Gasteiger partial charge in [0, 0.05) is 0 Å². The third kappa shape index (κ3) is 5.77. The first kappa shape index (κ1) is 20.9. The standard InChI is InChI=1S/C19H20Cl2N2O4/c1-26-16-8-12(3-5-14(16)22-18(24)10-20)7-13-4-6-15(17(9-13)27-2)23-19(25)11-21/h3-6,8-9H,7,10-11H2,1-2H3,(H,22,24)(H,23,25). The second kappa shape index (κ2) is 10.0. The van der Waals surface area contributed by atoms with Crippen LogP contribution in [0.5, 0.6) is 11.5 Å². The first-order chi connectivity index (χ1) is 13.0. The molecule has 0 saturated carbocycles. The Labute approximate surface area is 167 Å². The largest absolute Gasteiger partial charge is 0.495 e. The molecule has 0 unspecified atom stereocenters. The number of ether oxygens (including phenoxy) is 2. The molecule has 0 aliphatic heterocycles. The van der Waals surface area contributed by atoms with Crippen LogP contribution in [0.4, 0.5) is 11.4 Å². The lowest BCUT2D eigenvalue weighted by Crippen LogP contribution is -2.13. The number of carbonyl (C=O) groups is 2. The van der Waals surface area contributed by atoms with E-state index in [-0.39, 0.29) is 23.6 Å². The molecule has 0 heterocycles. The number of rotatable bonds is 8. The molecular formula is C19H20Cl2N2O4. The zero-order valence-electron chi connectivity index (χ0n) is 15.0. The zero-order valence-corrected chi connectivity index (χ0v) is 16.5. The lowest BCUT2D eigenvalue weighted by atomic mass is 10.0. The van der Waals surface area contributed by atoms with Gasteiger partial charge in [0.1, 0.15) is 23.3 Å². The highest BCUT2D eigenvalue weighted by Gasteiger charge is 2.11. The molecule has 0 bridgehead atoms. The molecule has 0 spiro atoms. The minimum absolute atomic E-state index is 0.128. The van der Waals surface area contributed by atoms with Gasteiger partial charge < -0.3 is 20.1 Å². The molecule has 0 aromatic heterocycles. The van der Waals surface area contributed by atoms with Gasteiger partial charge >= 0.3 is 0 Å². The number of methoxy groups -OCH3 is 2. The van der Waals surface area contributed by atoms with Gasteiger partial charge in [0.2, 0.25) is 11.8 Å². The van der Waals surface area contributed by atoms with E-state index in [0.717, 1.165) is 11.1 Å². The van der Waals surface area contributed by atoms with E-state index in [0.29, 0.717) is 29.3 Å².